The van der Waals surface area contributed by atoms with Crippen LogP contribution < -0.4 is 14.8 Å². The Morgan fingerprint density at radius 3 is 2.58 bits per heavy atom. The number of nitrogens with zero attached hydrogens (tertiary/aromatic N) is 1. The number of hydrogen-bond donors (Lipinski definition) is 1. The van der Waals surface area contributed by atoms with Crippen molar-refractivity contribution >= 4 is 11.6 Å². The van der Waals surface area contributed by atoms with Gasteiger partial charge >= 0.3 is 0 Å². The molecule has 0 radical (unpaired) electrons. The van der Waals surface area contributed by atoms with E-state index in [2.05, 4.69) is 5.32 Å². The molecule has 9 nitrogen and oxygen atoms in total. The van der Waals surface area contributed by atoms with Gasteiger partial charge < -0.3 is 24.3 Å². The van der Waals surface area contributed by atoms with E-state index >= 15 is 0 Å². The molecule has 1 aliphatic heterocycles. The van der Waals surface area contributed by atoms with Gasteiger partial charge in [-0.15, -0.1) is 0 Å². The lowest BCUT2D eigenvalue weighted by Gasteiger charge is -2.15. The molecule has 0 bridgehead atoms. The Morgan fingerprint density at radius 1 is 1.29 bits per heavy atom. The van der Waals surface area contributed by atoms with E-state index in [1.807, 2.05) is 0 Å². The van der Waals surface area contributed by atoms with Crippen LogP contribution in [0.25, 0.3) is 0 Å². The number of nitro benzene ring substituents is 1. The summed E-state index contributed by atoms with van der Waals surface area (Å²) in [5.41, 5.74) is 0.325. The number of amides is 1. The van der Waals surface area contributed by atoms with Crippen LogP contribution in [-0.4, -0.2) is 44.8 Å². The van der Waals surface area contributed by atoms with Crippen molar-refractivity contribution in [1.82, 2.24) is 5.32 Å². The highest BCUT2D eigenvalue weighted by atomic mass is 16.6. The number of carbonyl (C=O) groups excluding carboxylic acids is 1. The maximum Gasteiger partial charge on any atom is 0.289 e. The molecule has 0 aromatic heterocycles. The van der Waals surface area contributed by atoms with Crippen molar-refractivity contribution < 1.29 is 28.7 Å². The number of benzene rings is 1. The van der Waals surface area contributed by atoms with Crippen LogP contribution >= 0.6 is 0 Å². The Hall–Kier alpha value is -2.97. The molecule has 0 spiro atoms. The van der Waals surface area contributed by atoms with E-state index in [1.54, 1.807) is 0 Å². The average molecular weight is 338 g/mol. The summed E-state index contributed by atoms with van der Waals surface area (Å²) in [6.45, 7) is 0.894. The van der Waals surface area contributed by atoms with Gasteiger partial charge in [-0.3, -0.25) is 14.9 Å². The lowest BCUT2D eigenvalue weighted by Crippen LogP contribution is -2.30. The Labute approximate surface area is 138 Å². The second-order valence-corrected chi connectivity index (χ2v) is 4.80. The normalized spacial score (nSPS) is 13.2. The van der Waals surface area contributed by atoms with Crippen LogP contribution in [0.2, 0.25) is 0 Å². The van der Waals surface area contributed by atoms with Crippen LogP contribution in [0, 0.1) is 10.1 Å². The van der Waals surface area contributed by atoms with Crippen LogP contribution in [0.3, 0.4) is 0 Å². The van der Waals surface area contributed by atoms with Crippen molar-refractivity contribution in [2.75, 3.05) is 34.0 Å². The van der Waals surface area contributed by atoms with Gasteiger partial charge in [0.05, 0.1) is 25.2 Å². The predicted molar refractivity (Wildman–Crippen MR) is 82.9 cm³/mol. The number of nitrogens with one attached hydrogen (secondary N) is 1. The molecule has 24 heavy (non-hydrogen) atoms. The standard InChI is InChI=1S/C15H18N2O7/c1-21-12-7-10(11(17(19)20)8-13(12)22-2)3-4-16-15(18)14-9-23-5-6-24-14/h7-9H,3-6H2,1-2H3,(H,16,18). The summed E-state index contributed by atoms with van der Waals surface area (Å²) in [6, 6.07) is 2.83. The minimum Gasteiger partial charge on any atom is -0.494 e. The number of ether oxygens (including phenoxy) is 4. The first-order valence-corrected chi connectivity index (χ1v) is 7.19. The first-order valence-electron chi connectivity index (χ1n) is 7.19. The molecule has 1 aliphatic rings. The van der Waals surface area contributed by atoms with E-state index in [0.29, 0.717) is 24.5 Å². The lowest BCUT2D eigenvalue weighted by molar-refractivity contribution is -0.385. The first kappa shape index (κ1) is 17.4. The summed E-state index contributed by atoms with van der Waals surface area (Å²) >= 11 is 0. The van der Waals surface area contributed by atoms with E-state index in [4.69, 9.17) is 18.9 Å². The quantitative estimate of drug-likeness (QED) is 0.587. The molecule has 1 aromatic carbocycles. The second-order valence-electron chi connectivity index (χ2n) is 4.80. The van der Waals surface area contributed by atoms with E-state index in [9.17, 15) is 14.9 Å². The highest BCUT2D eigenvalue weighted by Crippen LogP contribution is 2.34. The molecule has 0 saturated carbocycles. The van der Waals surface area contributed by atoms with E-state index < -0.39 is 10.8 Å². The van der Waals surface area contributed by atoms with Crippen molar-refractivity contribution in [1.29, 1.82) is 0 Å². The van der Waals surface area contributed by atoms with Crippen LogP contribution in [0.1, 0.15) is 5.56 Å². The van der Waals surface area contributed by atoms with E-state index in [-0.39, 0.29) is 30.2 Å². The van der Waals surface area contributed by atoms with Gasteiger partial charge in [0, 0.05) is 12.1 Å². The highest BCUT2D eigenvalue weighted by molar-refractivity contribution is 5.91. The zero-order chi connectivity index (χ0) is 17.5. The summed E-state index contributed by atoms with van der Waals surface area (Å²) in [6.07, 6.45) is 1.49. The highest BCUT2D eigenvalue weighted by Gasteiger charge is 2.20. The Balaban J connectivity index is 2.06. The fourth-order valence-electron chi connectivity index (χ4n) is 2.17. The fourth-order valence-corrected chi connectivity index (χ4v) is 2.17. The van der Waals surface area contributed by atoms with Gasteiger partial charge in [0.2, 0.25) is 5.76 Å². The van der Waals surface area contributed by atoms with Gasteiger partial charge in [-0.05, 0) is 12.5 Å². The van der Waals surface area contributed by atoms with Gasteiger partial charge in [-0.25, -0.2) is 0 Å². The maximum absolute atomic E-state index is 11.9. The Morgan fingerprint density at radius 2 is 2.00 bits per heavy atom. The maximum atomic E-state index is 11.9. The molecule has 130 valence electrons. The van der Waals surface area contributed by atoms with Crippen molar-refractivity contribution in [2.24, 2.45) is 0 Å². The van der Waals surface area contributed by atoms with E-state index in [1.165, 1.54) is 32.6 Å². The van der Waals surface area contributed by atoms with Crippen LogP contribution in [-0.2, 0) is 20.7 Å². The number of nitro groups is 1. The third-order valence-corrected chi connectivity index (χ3v) is 3.33. The van der Waals surface area contributed by atoms with Gasteiger partial charge in [0.25, 0.3) is 11.6 Å². The van der Waals surface area contributed by atoms with Crippen LogP contribution in [0.15, 0.2) is 24.2 Å². The minimum atomic E-state index is -0.500. The molecule has 0 unspecified atom stereocenters. The minimum absolute atomic E-state index is 0.0862. The molecule has 0 fully saturated rings. The van der Waals surface area contributed by atoms with Crippen molar-refractivity contribution in [3.8, 4) is 11.5 Å². The van der Waals surface area contributed by atoms with Gasteiger partial charge in [-0.2, -0.15) is 0 Å². The number of methoxy groups -OCH3 is 2. The zero-order valence-electron chi connectivity index (χ0n) is 13.4. The zero-order valence-corrected chi connectivity index (χ0v) is 13.4. The lowest BCUT2D eigenvalue weighted by atomic mass is 10.1. The summed E-state index contributed by atoms with van der Waals surface area (Å²) in [5.74, 6) is 0.312. The molecule has 0 aliphatic carbocycles. The molecule has 1 N–H and O–H groups in total. The van der Waals surface area contributed by atoms with Gasteiger partial charge in [0.15, 0.2) is 11.5 Å². The van der Waals surface area contributed by atoms with Crippen molar-refractivity contribution in [3.05, 3.63) is 39.8 Å². The summed E-state index contributed by atoms with van der Waals surface area (Å²) in [7, 11) is 2.85. The predicted octanol–water partition coefficient (Wildman–Crippen LogP) is 1.16. The second kappa shape index (κ2) is 8.04. The third kappa shape index (κ3) is 4.06. The van der Waals surface area contributed by atoms with Gasteiger partial charge in [-0.1, -0.05) is 0 Å². The monoisotopic (exact) mass is 338 g/mol. The third-order valence-electron chi connectivity index (χ3n) is 3.33. The molecule has 1 amide bonds. The number of carbonyl (C=O) groups is 1. The van der Waals surface area contributed by atoms with Crippen LogP contribution in [0.5, 0.6) is 11.5 Å². The Bertz CT molecular complexity index is 657. The number of rotatable bonds is 7. The summed E-state index contributed by atoms with van der Waals surface area (Å²) in [4.78, 5) is 22.6. The SMILES string of the molecule is COc1cc(CCNC(=O)C2=COCCO2)c([N+](=O)[O-])cc1OC. The van der Waals surface area contributed by atoms with Crippen molar-refractivity contribution in [3.63, 3.8) is 0 Å². The molecule has 9 heteroatoms. The molecule has 1 aromatic rings. The molecular formula is C15H18N2O7. The topological polar surface area (TPSA) is 109 Å². The molecule has 0 atom stereocenters. The van der Waals surface area contributed by atoms with Gasteiger partial charge in [0.1, 0.15) is 19.5 Å². The molecule has 0 saturated heterocycles. The molecule has 1 heterocycles. The van der Waals surface area contributed by atoms with E-state index in [0.717, 1.165) is 0 Å². The fraction of sp³-hybridized carbons (Fsp3) is 0.400. The summed E-state index contributed by atoms with van der Waals surface area (Å²) in [5, 5.41) is 13.8. The average Bonchev–Trinajstić information content (AvgIpc) is 2.61. The largest absolute Gasteiger partial charge is 0.494 e. The first-order chi connectivity index (χ1) is 11.6. The van der Waals surface area contributed by atoms with Crippen molar-refractivity contribution in [2.45, 2.75) is 6.42 Å². The number of hydrogen-bond acceptors (Lipinski definition) is 7. The Kier molecular flexibility index (Phi) is 5.83. The molecule has 2 rings (SSSR count). The smallest absolute Gasteiger partial charge is 0.289 e. The molecular weight excluding hydrogens is 320 g/mol. The van der Waals surface area contributed by atoms with Crippen LogP contribution in [0.4, 0.5) is 5.69 Å². The summed E-state index contributed by atoms with van der Waals surface area (Å²) < 4.78 is 20.4.